The minimum atomic E-state index is -3.22. The standard InChI is InChI=1S/C12H12F2O2/c1-16-9-4-5-10-8(7-9)3-2-6-12(13,14)11(10)15/h4-5,7H,2-3,6H2,1H3. The molecule has 0 N–H and O–H groups in total. The molecule has 2 rings (SSSR count). The third-order valence-corrected chi connectivity index (χ3v) is 2.83. The average Bonchev–Trinajstić information content (AvgIpc) is 2.37. The normalized spacial score (nSPS) is 18.8. The van der Waals surface area contributed by atoms with Crippen LogP contribution in [0.2, 0.25) is 0 Å². The molecule has 1 aliphatic rings. The molecule has 0 fully saturated rings. The van der Waals surface area contributed by atoms with E-state index in [4.69, 9.17) is 4.74 Å². The van der Waals surface area contributed by atoms with Gasteiger partial charge in [0.05, 0.1) is 7.11 Å². The Morgan fingerprint density at radius 3 is 2.81 bits per heavy atom. The number of rotatable bonds is 1. The highest BCUT2D eigenvalue weighted by atomic mass is 19.3. The molecule has 4 heteroatoms. The van der Waals surface area contributed by atoms with Crippen molar-refractivity contribution in [3.05, 3.63) is 29.3 Å². The SMILES string of the molecule is COc1ccc2c(c1)CCCC(F)(F)C2=O. The van der Waals surface area contributed by atoms with Crippen molar-refractivity contribution in [1.82, 2.24) is 0 Å². The van der Waals surface area contributed by atoms with E-state index in [0.717, 1.165) is 0 Å². The smallest absolute Gasteiger partial charge is 0.309 e. The first-order valence-corrected chi connectivity index (χ1v) is 5.14. The molecule has 0 saturated heterocycles. The molecule has 0 saturated carbocycles. The van der Waals surface area contributed by atoms with Crippen molar-refractivity contribution < 1.29 is 18.3 Å². The fourth-order valence-electron chi connectivity index (χ4n) is 1.94. The van der Waals surface area contributed by atoms with Crippen LogP contribution in [0.5, 0.6) is 5.75 Å². The van der Waals surface area contributed by atoms with Crippen LogP contribution in [0.15, 0.2) is 18.2 Å². The van der Waals surface area contributed by atoms with Gasteiger partial charge in [0.15, 0.2) is 0 Å². The van der Waals surface area contributed by atoms with E-state index in [-0.39, 0.29) is 12.0 Å². The van der Waals surface area contributed by atoms with E-state index in [2.05, 4.69) is 0 Å². The van der Waals surface area contributed by atoms with Crippen LogP contribution in [-0.4, -0.2) is 18.8 Å². The minimum absolute atomic E-state index is 0.128. The number of alkyl halides is 2. The van der Waals surface area contributed by atoms with Gasteiger partial charge in [-0.3, -0.25) is 4.79 Å². The van der Waals surface area contributed by atoms with E-state index >= 15 is 0 Å². The Kier molecular flexibility index (Phi) is 2.66. The zero-order valence-corrected chi connectivity index (χ0v) is 8.93. The molecule has 0 bridgehead atoms. The van der Waals surface area contributed by atoms with Gasteiger partial charge in [0.2, 0.25) is 5.78 Å². The van der Waals surface area contributed by atoms with Crippen LogP contribution in [0.25, 0.3) is 0 Å². The molecule has 2 nitrogen and oxygen atoms in total. The number of carbonyl (C=O) groups is 1. The van der Waals surface area contributed by atoms with Crippen molar-refractivity contribution in [3.8, 4) is 5.75 Å². The molecule has 86 valence electrons. The predicted molar refractivity (Wildman–Crippen MR) is 55.2 cm³/mol. The number of ether oxygens (including phenoxy) is 1. The van der Waals surface area contributed by atoms with Gasteiger partial charge in [-0.2, -0.15) is 8.78 Å². The zero-order valence-electron chi connectivity index (χ0n) is 8.93. The molecule has 1 aromatic rings. The van der Waals surface area contributed by atoms with Gasteiger partial charge >= 0.3 is 5.92 Å². The van der Waals surface area contributed by atoms with Gasteiger partial charge in [0.1, 0.15) is 5.75 Å². The molecule has 1 aromatic carbocycles. The van der Waals surface area contributed by atoms with E-state index in [0.29, 0.717) is 24.2 Å². The van der Waals surface area contributed by atoms with Crippen LogP contribution in [0.3, 0.4) is 0 Å². The topological polar surface area (TPSA) is 26.3 Å². The van der Waals surface area contributed by atoms with Crippen molar-refractivity contribution in [2.45, 2.75) is 25.2 Å². The molecule has 0 aliphatic heterocycles. The van der Waals surface area contributed by atoms with Crippen LogP contribution in [-0.2, 0) is 6.42 Å². The molecule has 0 atom stereocenters. The summed E-state index contributed by atoms with van der Waals surface area (Å²) in [5.74, 6) is -3.70. The Balaban J connectivity index is 2.48. The second kappa shape index (κ2) is 3.85. The summed E-state index contributed by atoms with van der Waals surface area (Å²) in [6.07, 6.45) is 0.440. The number of hydrogen-bond donors (Lipinski definition) is 0. The molecule has 0 amide bonds. The Hall–Kier alpha value is -1.45. The van der Waals surface area contributed by atoms with E-state index in [9.17, 15) is 13.6 Å². The first kappa shape index (κ1) is 11.0. The van der Waals surface area contributed by atoms with Gasteiger partial charge in [-0.25, -0.2) is 0 Å². The Bertz CT molecular complexity index is 427. The first-order valence-electron chi connectivity index (χ1n) is 5.14. The monoisotopic (exact) mass is 226 g/mol. The number of aryl methyl sites for hydroxylation is 1. The summed E-state index contributed by atoms with van der Waals surface area (Å²) >= 11 is 0. The summed E-state index contributed by atoms with van der Waals surface area (Å²) in [6.45, 7) is 0. The van der Waals surface area contributed by atoms with E-state index in [1.54, 1.807) is 6.07 Å². The molecule has 0 spiro atoms. The Morgan fingerprint density at radius 1 is 1.38 bits per heavy atom. The third-order valence-electron chi connectivity index (χ3n) is 2.83. The van der Waals surface area contributed by atoms with Crippen molar-refractivity contribution in [2.24, 2.45) is 0 Å². The van der Waals surface area contributed by atoms with Crippen molar-refractivity contribution in [3.63, 3.8) is 0 Å². The highest BCUT2D eigenvalue weighted by Gasteiger charge is 2.41. The zero-order chi connectivity index (χ0) is 11.8. The summed E-state index contributed by atoms with van der Waals surface area (Å²) < 4.78 is 31.7. The van der Waals surface area contributed by atoms with Gasteiger partial charge in [-0.1, -0.05) is 0 Å². The van der Waals surface area contributed by atoms with Gasteiger partial charge in [-0.05, 0) is 36.6 Å². The molecule has 1 aliphatic carbocycles. The molecule has 16 heavy (non-hydrogen) atoms. The van der Waals surface area contributed by atoms with E-state index in [1.807, 2.05) is 0 Å². The van der Waals surface area contributed by atoms with Gasteiger partial charge in [0, 0.05) is 12.0 Å². The maximum atomic E-state index is 13.3. The number of halogens is 2. The van der Waals surface area contributed by atoms with Gasteiger partial charge in [0.25, 0.3) is 0 Å². The van der Waals surface area contributed by atoms with Crippen LogP contribution in [0, 0.1) is 0 Å². The predicted octanol–water partition coefficient (Wildman–Crippen LogP) is 2.85. The average molecular weight is 226 g/mol. The van der Waals surface area contributed by atoms with Crippen LogP contribution in [0.4, 0.5) is 8.78 Å². The summed E-state index contributed by atoms with van der Waals surface area (Å²) in [6, 6.07) is 4.63. The lowest BCUT2D eigenvalue weighted by atomic mass is 10.0. The van der Waals surface area contributed by atoms with Crippen molar-refractivity contribution in [1.29, 1.82) is 0 Å². The number of methoxy groups -OCH3 is 1. The largest absolute Gasteiger partial charge is 0.497 e. The fraction of sp³-hybridized carbons (Fsp3) is 0.417. The maximum absolute atomic E-state index is 13.3. The van der Waals surface area contributed by atoms with Crippen molar-refractivity contribution >= 4 is 5.78 Å². The summed E-state index contributed by atoms with van der Waals surface area (Å²) in [5, 5.41) is 0. The number of carbonyl (C=O) groups excluding carboxylic acids is 1. The molecule has 0 heterocycles. The summed E-state index contributed by atoms with van der Waals surface area (Å²) in [5.41, 5.74) is 0.782. The number of hydrogen-bond acceptors (Lipinski definition) is 2. The minimum Gasteiger partial charge on any atom is -0.497 e. The molecule has 0 radical (unpaired) electrons. The third kappa shape index (κ3) is 1.79. The lowest BCUT2D eigenvalue weighted by molar-refractivity contribution is 0.00524. The van der Waals surface area contributed by atoms with Crippen LogP contribution in [0.1, 0.15) is 28.8 Å². The first-order chi connectivity index (χ1) is 7.54. The molecular formula is C12H12F2O2. The quantitative estimate of drug-likeness (QED) is 0.688. The van der Waals surface area contributed by atoms with Gasteiger partial charge < -0.3 is 4.74 Å². The lowest BCUT2D eigenvalue weighted by Gasteiger charge is -2.12. The number of Topliss-reactive ketones (excluding diaryl/α,β-unsaturated/α-hetero) is 1. The highest BCUT2D eigenvalue weighted by molar-refractivity contribution is 6.03. The second-order valence-electron chi connectivity index (χ2n) is 3.91. The Labute approximate surface area is 92.2 Å². The Morgan fingerprint density at radius 2 is 2.12 bits per heavy atom. The summed E-state index contributed by atoms with van der Waals surface area (Å²) in [4.78, 5) is 11.6. The summed E-state index contributed by atoms with van der Waals surface area (Å²) in [7, 11) is 1.51. The van der Waals surface area contributed by atoms with Crippen molar-refractivity contribution in [2.75, 3.05) is 7.11 Å². The number of ketones is 1. The van der Waals surface area contributed by atoms with E-state index < -0.39 is 11.7 Å². The number of benzene rings is 1. The maximum Gasteiger partial charge on any atom is 0.309 e. The highest BCUT2D eigenvalue weighted by Crippen LogP contribution is 2.33. The van der Waals surface area contributed by atoms with E-state index in [1.165, 1.54) is 19.2 Å². The van der Waals surface area contributed by atoms with Crippen LogP contribution >= 0.6 is 0 Å². The molecule has 0 aromatic heterocycles. The van der Waals surface area contributed by atoms with Gasteiger partial charge in [-0.15, -0.1) is 0 Å². The fourth-order valence-corrected chi connectivity index (χ4v) is 1.94. The molecular weight excluding hydrogens is 214 g/mol. The lowest BCUT2D eigenvalue weighted by Crippen LogP contribution is -2.27. The second-order valence-corrected chi connectivity index (χ2v) is 3.91. The number of fused-ring (bicyclic) bond motifs is 1. The molecule has 0 unspecified atom stereocenters. The van der Waals surface area contributed by atoms with Crippen LogP contribution < -0.4 is 4.74 Å².